The van der Waals surface area contributed by atoms with Crippen LogP contribution in [0.5, 0.6) is 0 Å². The third-order valence-corrected chi connectivity index (χ3v) is 5.21. The minimum atomic E-state index is -1.12. The van der Waals surface area contributed by atoms with Crippen LogP contribution in [0.3, 0.4) is 0 Å². The molecule has 0 spiro atoms. The van der Waals surface area contributed by atoms with Gasteiger partial charge in [0.1, 0.15) is 6.04 Å². The molecule has 0 saturated carbocycles. The summed E-state index contributed by atoms with van der Waals surface area (Å²) < 4.78 is 0. The second kappa shape index (κ2) is 20.4. The van der Waals surface area contributed by atoms with Crippen molar-refractivity contribution in [2.24, 2.45) is 0 Å². The number of amides is 1. The van der Waals surface area contributed by atoms with Gasteiger partial charge in [0.25, 0.3) is 0 Å². The monoisotopic (exact) mass is 426 g/mol. The second-order valence-electron chi connectivity index (χ2n) is 7.98. The minimum Gasteiger partial charge on any atom is -0.481 e. The summed E-state index contributed by atoms with van der Waals surface area (Å²) in [4.78, 5) is 43.4. The largest absolute Gasteiger partial charge is 0.481 e. The first-order valence-corrected chi connectivity index (χ1v) is 11.6. The maximum absolute atomic E-state index is 11.8. The molecule has 0 fully saturated rings. The fourth-order valence-electron chi connectivity index (χ4n) is 3.41. The first-order valence-electron chi connectivity index (χ1n) is 11.6. The Morgan fingerprint density at radius 2 is 1.07 bits per heavy atom. The molecule has 1 radical (unpaired) electrons. The quantitative estimate of drug-likeness (QED) is 0.214. The van der Waals surface area contributed by atoms with Crippen molar-refractivity contribution in [1.82, 2.24) is 5.32 Å². The van der Waals surface area contributed by atoms with E-state index in [1.54, 1.807) is 6.29 Å². The average Bonchev–Trinajstić information content (AvgIpc) is 2.70. The predicted molar refractivity (Wildman–Crippen MR) is 116 cm³/mol. The number of carbonyl (C=O) groups excluding carboxylic acids is 2. The standard InChI is InChI=1S/C23H40NO6/c25-19-15-16-20(23(29)30)24-21(26)17-13-11-9-7-5-3-1-2-4-6-8-10-12-14-18-22(27)28/h20H,1-18H2,(H,24,26)(H,27,28)(H,29,30). The molecule has 173 valence electrons. The number of aliphatic carboxylic acids is 2. The molecule has 0 rings (SSSR count). The Morgan fingerprint density at radius 1 is 0.667 bits per heavy atom. The van der Waals surface area contributed by atoms with Crippen LogP contribution < -0.4 is 5.32 Å². The highest BCUT2D eigenvalue weighted by Crippen LogP contribution is 2.13. The van der Waals surface area contributed by atoms with Gasteiger partial charge in [-0.15, -0.1) is 0 Å². The maximum Gasteiger partial charge on any atom is 0.326 e. The van der Waals surface area contributed by atoms with Crippen molar-refractivity contribution in [2.75, 3.05) is 0 Å². The summed E-state index contributed by atoms with van der Waals surface area (Å²) in [6.45, 7) is 0. The molecule has 1 atom stereocenters. The van der Waals surface area contributed by atoms with Crippen LogP contribution in [0.4, 0.5) is 0 Å². The molecule has 7 nitrogen and oxygen atoms in total. The zero-order valence-corrected chi connectivity index (χ0v) is 18.3. The zero-order valence-electron chi connectivity index (χ0n) is 18.3. The van der Waals surface area contributed by atoms with Crippen LogP contribution in [-0.4, -0.2) is 40.4 Å². The summed E-state index contributed by atoms with van der Waals surface area (Å²) in [6.07, 6.45) is 18.0. The van der Waals surface area contributed by atoms with E-state index in [1.165, 1.54) is 44.9 Å². The third-order valence-electron chi connectivity index (χ3n) is 5.21. The molecule has 1 unspecified atom stereocenters. The molecular formula is C23H40NO6. The second-order valence-corrected chi connectivity index (χ2v) is 7.98. The molecule has 3 N–H and O–H groups in total. The molecular weight excluding hydrogens is 386 g/mol. The lowest BCUT2D eigenvalue weighted by Crippen LogP contribution is -2.40. The number of carboxylic acids is 2. The molecule has 0 heterocycles. The molecule has 0 aliphatic rings. The molecule has 0 aliphatic heterocycles. The van der Waals surface area contributed by atoms with E-state index in [4.69, 9.17) is 10.2 Å². The van der Waals surface area contributed by atoms with E-state index in [9.17, 15) is 19.2 Å². The average molecular weight is 427 g/mol. The Labute approximate surface area is 181 Å². The third kappa shape index (κ3) is 19.4. The lowest BCUT2D eigenvalue weighted by atomic mass is 10.0. The SMILES string of the molecule is O=[C]CCC(NC(=O)CCCCCCCCCCCCCCCCC(=O)O)C(=O)O. The van der Waals surface area contributed by atoms with E-state index in [2.05, 4.69) is 5.32 Å². The molecule has 0 aromatic carbocycles. The molecule has 0 aromatic heterocycles. The number of carboxylic acid groups (broad SMARTS) is 2. The molecule has 7 heteroatoms. The van der Waals surface area contributed by atoms with Crippen LogP contribution in [0.2, 0.25) is 0 Å². The number of unbranched alkanes of at least 4 members (excludes halogenated alkanes) is 13. The van der Waals surface area contributed by atoms with Gasteiger partial charge in [0, 0.05) is 19.3 Å². The van der Waals surface area contributed by atoms with Gasteiger partial charge in [0.2, 0.25) is 5.91 Å². The fourth-order valence-corrected chi connectivity index (χ4v) is 3.41. The van der Waals surface area contributed by atoms with Gasteiger partial charge in [0.15, 0.2) is 6.29 Å². The number of nitrogens with one attached hydrogen (secondary N) is 1. The summed E-state index contributed by atoms with van der Waals surface area (Å²) in [7, 11) is 0. The van der Waals surface area contributed by atoms with Crippen molar-refractivity contribution in [3.05, 3.63) is 0 Å². The van der Waals surface area contributed by atoms with Gasteiger partial charge in [-0.25, -0.2) is 4.79 Å². The van der Waals surface area contributed by atoms with Crippen molar-refractivity contribution < 1.29 is 29.4 Å². The van der Waals surface area contributed by atoms with Gasteiger partial charge in [-0.05, 0) is 19.3 Å². The van der Waals surface area contributed by atoms with E-state index < -0.39 is 18.0 Å². The zero-order chi connectivity index (χ0) is 22.5. The summed E-state index contributed by atoms with van der Waals surface area (Å²) in [5, 5.41) is 20.0. The van der Waals surface area contributed by atoms with Gasteiger partial charge in [0.05, 0.1) is 0 Å². The number of hydrogen-bond donors (Lipinski definition) is 3. The van der Waals surface area contributed by atoms with Gasteiger partial charge in [-0.2, -0.15) is 0 Å². The minimum absolute atomic E-state index is 0.00580. The molecule has 0 aromatic rings. The van der Waals surface area contributed by atoms with Crippen LogP contribution in [0.25, 0.3) is 0 Å². The highest BCUT2D eigenvalue weighted by atomic mass is 16.4. The lowest BCUT2D eigenvalue weighted by molar-refractivity contribution is -0.142. The maximum atomic E-state index is 11.8. The van der Waals surface area contributed by atoms with Gasteiger partial charge < -0.3 is 15.5 Å². The van der Waals surface area contributed by atoms with E-state index in [0.29, 0.717) is 12.8 Å². The van der Waals surface area contributed by atoms with Gasteiger partial charge in [-0.1, -0.05) is 77.0 Å². The molecule has 0 aliphatic carbocycles. The Bertz CT molecular complexity index is 480. The Morgan fingerprint density at radius 3 is 1.43 bits per heavy atom. The Kier molecular flexibility index (Phi) is 19.1. The van der Waals surface area contributed by atoms with Crippen molar-refractivity contribution in [1.29, 1.82) is 0 Å². The van der Waals surface area contributed by atoms with Gasteiger partial charge in [-0.3, -0.25) is 14.4 Å². The molecule has 0 bridgehead atoms. The Hall–Kier alpha value is -1.92. The highest BCUT2D eigenvalue weighted by Gasteiger charge is 2.18. The number of hydrogen-bond acceptors (Lipinski definition) is 4. The predicted octanol–water partition coefficient (Wildman–Crippen LogP) is 4.77. The topological polar surface area (TPSA) is 121 Å². The lowest BCUT2D eigenvalue weighted by Gasteiger charge is -2.12. The van der Waals surface area contributed by atoms with Crippen LogP contribution in [0.15, 0.2) is 0 Å². The highest BCUT2D eigenvalue weighted by molar-refractivity contribution is 5.83. The van der Waals surface area contributed by atoms with E-state index in [1.807, 2.05) is 0 Å². The fraction of sp³-hybridized carbons (Fsp3) is 0.826. The van der Waals surface area contributed by atoms with Gasteiger partial charge >= 0.3 is 11.9 Å². The van der Waals surface area contributed by atoms with Crippen LogP contribution >= 0.6 is 0 Å². The summed E-state index contributed by atoms with van der Waals surface area (Å²) in [5.41, 5.74) is 0. The molecule has 0 saturated heterocycles. The number of rotatable bonds is 22. The van der Waals surface area contributed by atoms with E-state index >= 15 is 0 Å². The summed E-state index contributed by atoms with van der Waals surface area (Å²) in [6, 6.07) is -1.00. The normalized spacial score (nSPS) is 11.7. The summed E-state index contributed by atoms with van der Waals surface area (Å²) >= 11 is 0. The van der Waals surface area contributed by atoms with Crippen molar-refractivity contribution in [3.8, 4) is 0 Å². The molecule has 1 amide bonds. The van der Waals surface area contributed by atoms with Crippen LogP contribution in [0.1, 0.15) is 116 Å². The van der Waals surface area contributed by atoms with E-state index in [-0.39, 0.29) is 18.7 Å². The van der Waals surface area contributed by atoms with Crippen LogP contribution in [0, 0.1) is 0 Å². The van der Waals surface area contributed by atoms with Crippen molar-refractivity contribution in [2.45, 2.75) is 122 Å². The molecule has 30 heavy (non-hydrogen) atoms. The number of carbonyl (C=O) groups is 3. The Balaban J connectivity index is 3.37. The first-order chi connectivity index (χ1) is 14.5. The first kappa shape index (κ1) is 28.1. The van der Waals surface area contributed by atoms with E-state index in [0.717, 1.165) is 44.9 Å². The smallest absolute Gasteiger partial charge is 0.326 e. The van der Waals surface area contributed by atoms with Crippen LogP contribution in [-0.2, 0) is 19.2 Å². The van der Waals surface area contributed by atoms with Crippen molar-refractivity contribution in [3.63, 3.8) is 0 Å². The van der Waals surface area contributed by atoms with Crippen molar-refractivity contribution >= 4 is 24.1 Å². The summed E-state index contributed by atoms with van der Waals surface area (Å²) in [5.74, 6) is -2.08.